The van der Waals surface area contributed by atoms with E-state index in [0.717, 1.165) is 19.5 Å². The SMILES string of the molecule is CC(C)CN1CC(C(=O)N2CCc3[nH]nc(C4CCC4)c3C2)CC1=O. The molecule has 6 heteroatoms. The Morgan fingerprint density at radius 1 is 1.36 bits per heavy atom. The minimum Gasteiger partial charge on any atom is -0.342 e. The van der Waals surface area contributed by atoms with E-state index in [1.54, 1.807) is 0 Å². The molecule has 2 amide bonds. The van der Waals surface area contributed by atoms with Crippen molar-refractivity contribution in [2.75, 3.05) is 19.6 Å². The number of hydrogen-bond acceptors (Lipinski definition) is 3. The highest BCUT2D eigenvalue weighted by Crippen LogP contribution is 2.39. The third-order valence-electron chi connectivity index (χ3n) is 5.92. The lowest BCUT2D eigenvalue weighted by Gasteiger charge is -2.31. The average molecular weight is 344 g/mol. The number of amides is 2. The first-order valence-electron chi connectivity index (χ1n) is 9.65. The summed E-state index contributed by atoms with van der Waals surface area (Å²) >= 11 is 0. The summed E-state index contributed by atoms with van der Waals surface area (Å²) in [6, 6.07) is 0. The van der Waals surface area contributed by atoms with Gasteiger partial charge in [0.05, 0.1) is 11.6 Å². The van der Waals surface area contributed by atoms with Crippen LogP contribution < -0.4 is 0 Å². The summed E-state index contributed by atoms with van der Waals surface area (Å²) in [7, 11) is 0. The van der Waals surface area contributed by atoms with Crippen molar-refractivity contribution in [1.82, 2.24) is 20.0 Å². The molecule has 1 atom stereocenters. The fourth-order valence-electron chi connectivity index (χ4n) is 4.34. The topological polar surface area (TPSA) is 69.3 Å². The van der Waals surface area contributed by atoms with Gasteiger partial charge in [0.15, 0.2) is 0 Å². The van der Waals surface area contributed by atoms with Crippen molar-refractivity contribution in [3.05, 3.63) is 17.0 Å². The molecular formula is C19H28N4O2. The van der Waals surface area contributed by atoms with Crippen molar-refractivity contribution in [2.24, 2.45) is 11.8 Å². The van der Waals surface area contributed by atoms with Gasteiger partial charge in [-0.1, -0.05) is 20.3 Å². The Morgan fingerprint density at radius 3 is 2.84 bits per heavy atom. The molecule has 0 spiro atoms. The van der Waals surface area contributed by atoms with Crippen molar-refractivity contribution >= 4 is 11.8 Å². The maximum atomic E-state index is 13.0. The zero-order chi connectivity index (χ0) is 17.6. The zero-order valence-corrected chi connectivity index (χ0v) is 15.3. The van der Waals surface area contributed by atoms with Crippen molar-refractivity contribution in [2.45, 2.75) is 58.4 Å². The van der Waals surface area contributed by atoms with Crippen LogP contribution in [0.1, 0.15) is 62.4 Å². The molecule has 1 aromatic heterocycles. The number of nitrogens with zero attached hydrogens (tertiary/aromatic N) is 3. The summed E-state index contributed by atoms with van der Waals surface area (Å²) in [5, 5.41) is 7.73. The van der Waals surface area contributed by atoms with E-state index >= 15 is 0 Å². The third-order valence-corrected chi connectivity index (χ3v) is 5.92. The molecule has 3 aliphatic rings. The first kappa shape index (κ1) is 16.6. The summed E-state index contributed by atoms with van der Waals surface area (Å²) in [5.41, 5.74) is 3.63. The van der Waals surface area contributed by atoms with Gasteiger partial charge in [0.1, 0.15) is 0 Å². The van der Waals surface area contributed by atoms with Crippen LogP contribution in [0.5, 0.6) is 0 Å². The van der Waals surface area contributed by atoms with Crippen molar-refractivity contribution < 1.29 is 9.59 Å². The number of rotatable bonds is 4. The molecule has 6 nitrogen and oxygen atoms in total. The summed E-state index contributed by atoms with van der Waals surface area (Å²) < 4.78 is 0. The molecular weight excluding hydrogens is 316 g/mol. The van der Waals surface area contributed by atoms with Crippen molar-refractivity contribution in [3.63, 3.8) is 0 Å². The second kappa shape index (κ2) is 6.46. The fourth-order valence-corrected chi connectivity index (χ4v) is 4.34. The number of aromatic amines is 1. The molecule has 3 heterocycles. The number of aromatic nitrogens is 2. The van der Waals surface area contributed by atoms with Gasteiger partial charge in [0.25, 0.3) is 0 Å². The summed E-state index contributed by atoms with van der Waals surface area (Å²) in [6.45, 7) is 6.93. The first-order valence-corrected chi connectivity index (χ1v) is 9.65. The molecule has 25 heavy (non-hydrogen) atoms. The third kappa shape index (κ3) is 3.07. The van der Waals surface area contributed by atoms with E-state index in [9.17, 15) is 9.59 Å². The van der Waals surface area contributed by atoms with Crippen LogP contribution in [0.2, 0.25) is 0 Å². The van der Waals surface area contributed by atoms with Crippen LogP contribution in [-0.2, 0) is 22.6 Å². The quantitative estimate of drug-likeness (QED) is 0.909. The number of nitrogens with one attached hydrogen (secondary N) is 1. The van der Waals surface area contributed by atoms with E-state index in [1.165, 1.54) is 36.2 Å². The molecule has 1 N–H and O–H groups in total. The highest BCUT2D eigenvalue weighted by Gasteiger charge is 2.38. The highest BCUT2D eigenvalue weighted by molar-refractivity contribution is 5.89. The van der Waals surface area contributed by atoms with Crippen LogP contribution in [0.25, 0.3) is 0 Å². The molecule has 1 unspecified atom stereocenters. The van der Waals surface area contributed by atoms with E-state index in [1.807, 2.05) is 9.80 Å². The van der Waals surface area contributed by atoms with Crippen molar-refractivity contribution in [3.8, 4) is 0 Å². The van der Waals surface area contributed by atoms with Gasteiger partial charge >= 0.3 is 0 Å². The molecule has 2 fully saturated rings. The Labute approximate surface area is 148 Å². The minimum absolute atomic E-state index is 0.128. The molecule has 136 valence electrons. The van der Waals surface area contributed by atoms with E-state index in [4.69, 9.17) is 0 Å². The molecule has 0 aromatic carbocycles. The van der Waals surface area contributed by atoms with Gasteiger partial charge in [-0.15, -0.1) is 0 Å². The largest absolute Gasteiger partial charge is 0.342 e. The zero-order valence-electron chi connectivity index (χ0n) is 15.3. The molecule has 1 aliphatic carbocycles. The maximum Gasteiger partial charge on any atom is 0.228 e. The van der Waals surface area contributed by atoms with Gasteiger partial charge < -0.3 is 9.80 Å². The molecule has 0 radical (unpaired) electrons. The lowest BCUT2D eigenvalue weighted by Crippen LogP contribution is -2.41. The lowest BCUT2D eigenvalue weighted by molar-refractivity contribution is -0.136. The van der Waals surface area contributed by atoms with Gasteiger partial charge in [-0.2, -0.15) is 5.10 Å². The summed E-state index contributed by atoms with van der Waals surface area (Å²) in [6.07, 6.45) is 4.93. The number of carbonyl (C=O) groups is 2. The Hall–Kier alpha value is -1.85. The monoisotopic (exact) mass is 344 g/mol. The normalized spacial score (nSPS) is 24.0. The van der Waals surface area contributed by atoms with E-state index in [0.29, 0.717) is 31.3 Å². The minimum atomic E-state index is -0.174. The predicted octanol–water partition coefficient (Wildman–Crippen LogP) is 2.07. The standard InChI is InChI=1S/C19H28N4O2/c1-12(2)9-23-10-14(8-17(23)24)19(25)22-7-6-16-15(11-22)18(21-20-16)13-4-3-5-13/h12-14H,3-11H2,1-2H3,(H,20,21). The number of H-pyrrole nitrogens is 1. The number of hydrogen-bond donors (Lipinski definition) is 1. The van der Waals surface area contributed by atoms with E-state index in [-0.39, 0.29) is 17.7 Å². The van der Waals surface area contributed by atoms with Gasteiger partial charge in [-0.25, -0.2) is 0 Å². The lowest BCUT2D eigenvalue weighted by atomic mass is 9.80. The van der Waals surface area contributed by atoms with Crippen LogP contribution in [-0.4, -0.2) is 51.4 Å². The fraction of sp³-hybridized carbons (Fsp3) is 0.737. The second-order valence-electron chi connectivity index (χ2n) is 8.30. The molecule has 4 rings (SSSR count). The molecule has 1 aromatic rings. The molecule has 2 aliphatic heterocycles. The molecule has 1 saturated carbocycles. The Balaban J connectivity index is 1.44. The van der Waals surface area contributed by atoms with Gasteiger partial charge in [-0.05, 0) is 18.8 Å². The summed E-state index contributed by atoms with van der Waals surface area (Å²) in [5.74, 6) is 1.11. The summed E-state index contributed by atoms with van der Waals surface area (Å²) in [4.78, 5) is 29.0. The van der Waals surface area contributed by atoms with Crippen LogP contribution in [0, 0.1) is 11.8 Å². The number of carbonyl (C=O) groups excluding carboxylic acids is 2. The number of likely N-dealkylation sites (tertiary alicyclic amines) is 1. The van der Waals surface area contributed by atoms with Gasteiger partial charge in [0.2, 0.25) is 11.8 Å². The molecule has 0 bridgehead atoms. The second-order valence-corrected chi connectivity index (χ2v) is 8.30. The van der Waals surface area contributed by atoms with E-state index in [2.05, 4.69) is 24.0 Å². The van der Waals surface area contributed by atoms with Crippen LogP contribution in [0.15, 0.2) is 0 Å². The Bertz CT molecular complexity index is 677. The predicted molar refractivity (Wildman–Crippen MR) is 93.8 cm³/mol. The Kier molecular flexibility index (Phi) is 4.29. The van der Waals surface area contributed by atoms with Gasteiger partial charge in [-0.3, -0.25) is 14.7 Å². The maximum absolute atomic E-state index is 13.0. The van der Waals surface area contributed by atoms with Crippen molar-refractivity contribution in [1.29, 1.82) is 0 Å². The Morgan fingerprint density at radius 2 is 2.16 bits per heavy atom. The van der Waals surface area contributed by atoms with E-state index < -0.39 is 0 Å². The average Bonchev–Trinajstić information content (AvgIpc) is 3.09. The molecule has 1 saturated heterocycles. The van der Waals surface area contributed by atoms with Crippen LogP contribution in [0.3, 0.4) is 0 Å². The smallest absolute Gasteiger partial charge is 0.228 e. The number of fused-ring (bicyclic) bond motifs is 1. The highest BCUT2D eigenvalue weighted by atomic mass is 16.2. The van der Waals surface area contributed by atoms with Crippen LogP contribution in [0.4, 0.5) is 0 Å². The first-order chi connectivity index (χ1) is 12.0. The van der Waals surface area contributed by atoms with Gasteiger partial charge in [0, 0.05) is 56.2 Å². The van der Waals surface area contributed by atoms with Crippen LogP contribution >= 0.6 is 0 Å².